The molecule has 0 bridgehead atoms. The van der Waals surface area contributed by atoms with E-state index in [1.807, 2.05) is 0 Å². The van der Waals surface area contributed by atoms with Gasteiger partial charge >= 0.3 is 51.4 Å². The summed E-state index contributed by atoms with van der Waals surface area (Å²) in [5.74, 6) is 0. The Hall–Kier alpha value is 1.45. The molecular weight excluding hydrogens is 255 g/mol. The van der Waals surface area contributed by atoms with Gasteiger partial charge in [-0.3, -0.25) is 0 Å². The van der Waals surface area contributed by atoms with E-state index in [1.54, 1.807) is 24.3 Å². The van der Waals surface area contributed by atoms with Gasteiger partial charge in [0.25, 0.3) is 0 Å². The quantitative estimate of drug-likeness (QED) is 0.612. The fraction of sp³-hybridized carbons (Fsp3) is 0. The minimum absolute atomic E-state index is 0. The topological polar surface area (TPSA) is 37.3 Å². The summed E-state index contributed by atoms with van der Waals surface area (Å²) >= 11 is 1.36. The van der Waals surface area contributed by atoms with Crippen molar-refractivity contribution in [1.82, 2.24) is 0 Å². The maximum atomic E-state index is 10.4. The van der Waals surface area contributed by atoms with Gasteiger partial charge in [-0.2, -0.15) is 0 Å². The normalized spacial score (nSPS) is 11.8. The summed E-state index contributed by atoms with van der Waals surface area (Å²) < 4.78 is 19.9. The molecule has 0 aromatic heterocycles. The molecule has 0 heterocycles. The Morgan fingerprint density at radius 1 is 1.27 bits per heavy atom. The van der Waals surface area contributed by atoms with Crippen LogP contribution in [0.2, 0.25) is 0 Å². The van der Waals surface area contributed by atoms with E-state index in [4.69, 9.17) is 4.55 Å². The van der Waals surface area contributed by atoms with Crippen molar-refractivity contribution >= 4 is 78.4 Å². The molecule has 0 amide bonds. The zero-order valence-corrected chi connectivity index (χ0v) is 7.35. The molecule has 56 valence electrons. The van der Waals surface area contributed by atoms with E-state index < -0.39 is 11.1 Å². The summed E-state index contributed by atoms with van der Waals surface area (Å²) in [5, 5.41) is 0. The first-order valence-electron chi connectivity index (χ1n) is 2.56. The molecule has 0 aliphatic heterocycles. The predicted octanol–water partition coefficient (Wildman–Crippen LogP) is 1.38. The summed E-state index contributed by atoms with van der Waals surface area (Å²) in [6, 6.07) is 6.65. The summed E-state index contributed by atoms with van der Waals surface area (Å²) in [6.45, 7) is 0. The van der Waals surface area contributed by atoms with Crippen LogP contribution in [0.25, 0.3) is 0 Å². The molecule has 0 spiro atoms. The van der Waals surface area contributed by atoms with E-state index in [2.05, 4.69) is 15.9 Å². The van der Waals surface area contributed by atoms with Crippen LogP contribution in [0.15, 0.2) is 33.6 Å². The van der Waals surface area contributed by atoms with Gasteiger partial charge in [-0.15, -0.1) is 0 Å². The van der Waals surface area contributed by atoms with Crippen molar-refractivity contribution in [2.45, 2.75) is 4.90 Å². The molecule has 5 heteroatoms. The molecule has 2 nitrogen and oxygen atoms in total. The van der Waals surface area contributed by atoms with Crippen molar-refractivity contribution in [3.63, 3.8) is 0 Å². The molecule has 1 rings (SSSR count). The molecule has 0 radical (unpaired) electrons. The molecule has 1 unspecified atom stereocenters. The number of halogens is 1. The number of hydrogen-bond donors (Lipinski definition) is 1. The molecule has 1 atom stereocenters. The third kappa shape index (κ3) is 4.28. The number of rotatable bonds is 1. The molecule has 0 fully saturated rings. The van der Waals surface area contributed by atoms with E-state index in [1.165, 1.54) is 0 Å². The Morgan fingerprint density at radius 3 is 2.09 bits per heavy atom. The average Bonchev–Trinajstić information content (AvgIpc) is 1.88. The van der Waals surface area contributed by atoms with Crippen LogP contribution in [0, 0.1) is 0 Å². The molecule has 0 saturated carbocycles. The van der Waals surface area contributed by atoms with Crippen LogP contribution in [-0.4, -0.2) is 60.1 Å². The molecule has 1 aromatic carbocycles. The van der Waals surface area contributed by atoms with Crippen LogP contribution in [0.3, 0.4) is 0 Å². The molecule has 11 heavy (non-hydrogen) atoms. The second kappa shape index (κ2) is 5.99. The fourth-order valence-corrected chi connectivity index (χ4v) is 1.18. The van der Waals surface area contributed by atoms with Crippen LogP contribution in [-0.2, 0) is 11.1 Å². The monoisotopic (exact) mass is 260 g/mol. The van der Waals surface area contributed by atoms with Gasteiger partial charge in [-0.25, -0.2) is 4.21 Å². The third-order valence-corrected chi connectivity index (χ3v) is 2.22. The van der Waals surface area contributed by atoms with E-state index in [0.29, 0.717) is 4.90 Å². The summed E-state index contributed by atoms with van der Waals surface area (Å²) in [7, 11) is 0. The second-order valence-electron chi connectivity index (χ2n) is 1.70. The molecule has 1 N–H and O–H groups in total. The molecule has 1 aromatic rings. The molecule has 0 aliphatic rings. The van der Waals surface area contributed by atoms with Crippen LogP contribution in [0.1, 0.15) is 0 Å². The van der Waals surface area contributed by atoms with Crippen molar-refractivity contribution < 1.29 is 8.76 Å². The van der Waals surface area contributed by atoms with Crippen LogP contribution >= 0.6 is 15.9 Å². The first-order valence-corrected chi connectivity index (χ1v) is 4.46. The van der Waals surface area contributed by atoms with Crippen molar-refractivity contribution in [3.8, 4) is 0 Å². The fourth-order valence-electron chi connectivity index (χ4n) is 0.551. The van der Waals surface area contributed by atoms with E-state index in [9.17, 15) is 4.21 Å². The van der Waals surface area contributed by atoms with Crippen molar-refractivity contribution in [3.05, 3.63) is 28.7 Å². The minimum atomic E-state index is -1.86. The first kappa shape index (κ1) is 12.4. The Bertz CT molecular complexity index is 249. The maximum absolute atomic E-state index is 10.4. The van der Waals surface area contributed by atoms with Crippen molar-refractivity contribution in [2.75, 3.05) is 0 Å². The van der Waals surface area contributed by atoms with Crippen LogP contribution in [0.5, 0.6) is 0 Å². The number of hydrogen-bond acceptors (Lipinski definition) is 1. The summed E-state index contributed by atoms with van der Waals surface area (Å²) in [5.41, 5.74) is 0. The van der Waals surface area contributed by atoms with Gasteiger partial charge in [-0.1, -0.05) is 15.9 Å². The van der Waals surface area contributed by atoms with Gasteiger partial charge in [0.2, 0.25) is 0 Å². The van der Waals surface area contributed by atoms with E-state index >= 15 is 0 Å². The number of benzene rings is 1. The molecular formula is C6H6BrKO2S. The van der Waals surface area contributed by atoms with Gasteiger partial charge < -0.3 is 4.55 Å². The standard InChI is InChI=1S/C6H5BrO2S.K.H/c7-5-1-3-6(4-2-5)10(8)9;;/h1-4H,(H,8,9);;. The average molecular weight is 261 g/mol. The van der Waals surface area contributed by atoms with Gasteiger partial charge in [-0.05, 0) is 24.3 Å². The van der Waals surface area contributed by atoms with Crippen molar-refractivity contribution in [2.24, 2.45) is 0 Å². The Balaban J connectivity index is 0.000001000. The predicted molar refractivity (Wildman–Crippen MR) is 50.3 cm³/mol. The van der Waals surface area contributed by atoms with Gasteiger partial charge in [0, 0.05) is 4.47 Å². The van der Waals surface area contributed by atoms with Crippen LogP contribution < -0.4 is 0 Å². The van der Waals surface area contributed by atoms with Crippen LogP contribution in [0.4, 0.5) is 0 Å². The molecule has 0 aliphatic carbocycles. The Morgan fingerprint density at radius 2 is 1.73 bits per heavy atom. The summed E-state index contributed by atoms with van der Waals surface area (Å²) in [4.78, 5) is 0.420. The summed E-state index contributed by atoms with van der Waals surface area (Å²) in [6.07, 6.45) is 0. The van der Waals surface area contributed by atoms with Gasteiger partial charge in [0.15, 0.2) is 11.1 Å². The van der Waals surface area contributed by atoms with Gasteiger partial charge in [0.1, 0.15) is 0 Å². The molecule has 0 saturated heterocycles. The van der Waals surface area contributed by atoms with E-state index in [0.717, 1.165) is 4.47 Å². The Labute approximate surface area is 119 Å². The Kier molecular flexibility index (Phi) is 6.77. The SMILES string of the molecule is O=S(O)c1ccc(Br)cc1.[KH]. The zero-order chi connectivity index (χ0) is 7.56. The zero-order valence-electron chi connectivity index (χ0n) is 4.95. The van der Waals surface area contributed by atoms with Gasteiger partial charge in [0.05, 0.1) is 4.90 Å². The second-order valence-corrected chi connectivity index (χ2v) is 3.59. The first-order chi connectivity index (χ1) is 4.70. The van der Waals surface area contributed by atoms with E-state index in [-0.39, 0.29) is 51.4 Å². The third-order valence-electron chi connectivity index (χ3n) is 1.02. The van der Waals surface area contributed by atoms with Crippen molar-refractivity contribution in [1.29, 1.82) is 0 Å².